The number of hydrogen-bond donors (Lipinski definition) is 3. The summed E-state index contributed by atoms with van der Waals surface area (Å²) in [5, 5.41) is 20.9. The monoisotopic (exact) mass is 318 g/mol. The summed E-state index contributed by atoms with van der Waals surface area (Å²) in [6, 6.07) is -1.12. The zero-order valence-corrected chi connectivity index (χ0v) is 13.4. The summed E-state index contributed by atoms with van der Waals surface area (Å²) in [4.78, 5) is 25.2. The lowest BCUT2D eigenvalue weighted by molar-refractivity contribution is -0.139. The van der Waals surface area contributed by atoms with Crippen LogP contribution < -0.4 is 5.32 Å². The summed E-state index contributed by atoms with van der Waals surface area (Å²) in [7, 11) is 0. The van der Waals surface area contributed by atoms with Gasteiger partial charge in [0.1, 0.15) is 6.04 Å². The van der Waals surface area contributed by atoms with Crippen LogP contribution in [0.5, 0.6) is 0 Å². The molecule has 6 nitrogen and oxygen atoms in total. The van der Waals surface area contributed by atoms with E-state index in [9.17, 15) is 14.7 Å². The number of nitrogens with zero attached hydrogens (tertiary/aromatic N) is 1. The van der Waals surface area contributed by atoms with Gasteiger partial charge < -0.3 is 20.4 Å². The van der Waals surface area contributed by atoms with Gasteiger partial charge in [-0.3, -0.25) is 0 Å². The van der Waals surface area contributed by atoms with Crippen LogP contribution >= 0.6 is 11.8 Å². The van der Waals surface area contributed by atoms with E-state index in [0.29, 0.717) is 12.2 Å². The van der Waals surface area contributed by atoms with Crippen molar-refractivity contribution < 1.29 is 19.8 Å². The molecular formula is C14H26N2O4S. The molecule has 0 spiro atoms. The van der Waals surface area contributed by atoms with E-state index in [-0.39, 0.29) is 25.2 Å². The number of carboxylic acids is 1. The molecule has 3 N–H and O–H groups in total. The summed E-state index contributed by atoms with van der Waals surface area (Å²) in [5.74, 6) is -0.328. The first kappa shape index (κ1) is 18.1. The van der Waals surface area contributed by atoms with E-state index >= 15 is 0 Å². The van der Waals surface area contributed by atoms with Crippen LogP contribution in [-0.4, -0.2) is 64.4 Å². The molecule has 1 rings (SSSR count). The third-order valence-corrected chi connectivity index (χ3v) is 4.47. The number of carbonyl (C=O) groups is 2. The molecule has 0 aromatic carbocycles. The van der Waals surface area contributed by atoms with Crippen LogP contribution in [0.15, 0.2) is 0 Å². The van der Waals surface area contributed by atoms with Gasteiger partial charge in [0.05, 0.1) is 6.61 Å². The van der Waals surface area contributed by atoms with Gasteiger partial charge in [-0.25, -0.2) is 9.59 Å². The van der Waals surface area contributed by atoms with Gasteiger partial charge in [0.25, 0.3) is 0 Å². The summed E-state index contributed by atoms with van der Waals surface area (Å²) in [6.45, 7) is 0.151. The Morgan fingerprint density at radius 2 is 2.00 bits per heavy atom. The maximum Gasteiger partial charge on any atom is 0.326 e. The Balaban J connectivity index is 2.63. The summed E-state index contributed by atoms with van der Waals surface area (Å²) >= 11 is 1.55. The van der Waals surface area contributed by atoms with E-state index in [4.69, 9.17) is 5.11 Å². The first-order valence-electron chi connectivity index (χ1n) is 7.50. The second kappa shape index (κ2) is 9.89. The van der Waals surface area contributed by atoms with E-state index in [0.717, 1.165) is 25.7 Å². The maximum atomic E-state index is 12.3. The molecular weight excluding hydrogens is 292 g/mol. The van der Waals surface area contributed by atoms with Gasteiger partial charge in [0, 0.05) is 12.6 Å². The predicted molar refractivity (Wildman–Crippen MR) is 83.6 cm³/mol. The fourth-order valence-corrected chi connectivity index (χ4v) is 3.15. The number of carboxylic acid groups (broad SMARTS) is 1. The van der Waals surface area contributed by atoms with E-state index in [2.05, 4.69) is 5.32 Å². The van der Waals surface area contributed by atoms with Crippen molar-refractivity contribution in [3.05, 3.63) is 0 Å². The molecule has 0 aliphatic heterocycles. The fraction of sp³-hybridized carbons (Fsp3) is 0.857. The minimum absolute atomic E-state index is 0.105. The number of aliphatic carboxylic acids is 1. The molecule has 1 aliphatic carbocycles. The van der Waals surface area contributed by atoms with Gasteiger partial charge in [-0.2, -0.15) is 11.8 Å². The number of urea groups is 1. The van der Waals surface area contributed by atoms with Crippen LogP contribution in [0.25, 0.3) is 0 Å². The van der Waals surface area contributed by atoms with Crippen molar-refractivity contribution >= 4 is 23.8 Å². The largest absolute Gasteiger partial charge is 0.480 e. The highest BCUT2D eigenvalue weighted by Crippen LogP contribution is 2.22. The number of aliphatic hydroxyl groups excluding tert-OH is 1. The normalized spacial score (nSPS) is 17.2. The molecule has 7 heteroatoms. The summed E-state index contributed by atoms with van der Waals surface area (Å²) < 4.78 is 0. The lowest BCUT2D eigenvalue weighted by Crippen LogP contribution is -2.52. The van der Waals surface area contributed by atoms with Crippen molar-refractivity contribution in [2.24, 2.45) is 0 Å². The minimum atomic E-state index is -1.01. The molecule has 0 radical (unpaired) electrons. The second-order valence-corrected chi connectivity index (χ2v) is 6.32. The second-order valence-electron chi connectivity index (χ2n) is 5.33. The number of amides is 2. The number of aliphatic hydroxyl groups is 1. The minimum Gasteiger partial charge on any atom is -0.480 e. The highest BCUT2D eigenvalue weighted by molar-refractivity contribution is 7.98. The van der Waals surface area contributed by atoms with Crippen molar-refractivity contribution in [2.45, 2.75) is 50.6 Å². The molecule has 0 aromatic rings. The Morgan fingerprint density at radius 3 is 2.52 bits per heavy atom. The van der Waals surface area contributed by atoms with Gasteiger partial charge in [-0.05, 0) is 31.3 Å². The quantitative estimate of drug-likeness (QED) is 0.631. The Hall–Kier alpha value is -0.950. The topological polar surface area (TPSA) is 89.9 Å². The van der Waals surface area contributed by atoms with Crippen molar-refractivity contribution in [2.75, 3.05) is 25.2 Å². The first-order chi connectivity index (χ1) is 10.1. The number of rotatable bonds is 8. The smallest absolute Gasteiger partial charge is 0.326 e. The van der Waals surface area contributed by atoms with Crippen LogP contribution in [0, 0.1) is 0 Å². The Bertz CT molecular complexity index is 335. The summed E-state index contributed by atoms with van der Waals surface area (Å²) in [5.41, 5.74) is 0. The zero-order chi connectivity index (χ0) is 15.7. The van der Waals surface area contributed by atoms with Crippen LogP contribution in [-0.2, 0) is 4.79 Å². The van der Waals surface area contributed by atoms with Gasteiger partial charge in [-0.15, -0.1) is 0 Å². The lowest BCUT2D eigenvalue weighted by atomic mass is 9.94. The van der Waals surface area contributed by atoms with E-state index in [1.165, 1.54) is 6.42 Å². The molecule has 122 valence electrons. The van der Waals surface area contributed by atoms with Crippen molar-refractivity contribution in [3.63, 3.8) is 0 Å². The molecule has 0 unspecified atom stereocenters. The SMILES string of the molecule is CSCC[C@@H](NC(=O)N(CCO)C1CCCCC1)C(=O)O. The molecule has 0 aromatic heterocycles. The van der Waals surface area contributed by atoms with Gasteiger partial charge in [0.15, 0.2) is 0 Å². The zero-order valence-electron chi connectivity index (χ0n) is 12.6. The number of carbonyl (C=O) groups excluding carboxylic acids is 1. The van der Waals surface area contributed by atoms with Gasteiger partial charge in [-0.1, -0.05) is 19.3 Å². The molecule has 0 bridgehead atoms. The Labute approximate surface area is 130 Å². The molecule has 1 aliphatic rings. The van der Waals surface area contributed by atoms with Crippen molar-refractivity contribution in [1.29, 1.82) is 0 Å². The fourth-order valence-electron chi connectivity index (χ4n) is 2.68. The van der Waals surface area contributed by atoms with Crippen molar-refractivity contribution in [1.82, 2.24) is 10.2 Å². The van der Waals surface area contributed by atoms with Crippen LogP contribution in [0.4, 0.5) is 4.79 Å². The average Bonchev–Trinajstić information content (AvgIpc) is 2.49. The predicted octanol–water partition coefficient (Wildman–Crippen LogP) is 1.53. The lowest BCUT2D eigenvalue weighted by Gasteiger charge is -2.34. The average molecular weight is 318 g/mol. The Kier molecular flexibility index (Phi) is 8.52. The Morgan fingerprint density at radius 1 is 1.33 bits per heavy atom. The van der Waals surface area contributed by atoms with E-state index in [1.807, 2.05) is 6.26 Å². The number of nitrogens with one attached hydrogen (secondary N) is 1. The molecule has 1 saturated carbocycles. The van der Waals surface area contributed by atoms with Gasteiger partial charge >= 0.3 is 12.0 Å². The molecule has 2 amide bonds. The molecule has 1 atom stereocenters. The maximum absolute atomic E-state index is 12.3. The summed E-state index contributed by atoms with van der Waals surface area (Å²) in [6.07, 6.45) is 7.49. The van der Waals surface area contributed by atoms with Crippen LogP contribution in [0.3, 0.4) is 0 Å². The molecule has 0 saturated heterocycles. The third kappa shape index (κ3) is 6.13. The highest BCUT2D eigenvalue weighted by Gasteiger charge is 2.28. The van der Waals surface area contributed by atoms with E-state index < -0.39 is 12.0 Å². The van der Waals surface area contributed by atoms with Crippen molar-refractivity contribution in [3.8, 4) is 0 Å². The molecule has 21 heavy (non-hydrogen) atoms. The number of thioether (sulfide) groups is 1. The third-order valence-electron chi connectivity index (χ3n) is 3.82. The van der Waals surface area contributed by atoms with Crippen LogP contribution in [0.1, 0.15) is 38.5 Å². The van der Waals surface area contributed by atoms with Crippen LogP contribution in [0.2, 0.25) is 0 Å². The standard InChI is InChI=1S/C14H26N2O4S/c1-21-10-7-12(13(18)19)15-14(20)16(8-9-17)11-5-3-2-4-6-11/h11-12,17H,2-10H2,1H3,(H,15,20)(H,18,19)/t12-/m1/s1. The molecule has 1 fully saturated rings. The number of hydrogen-bond acceptors (Lipinski definition) is 4. The highest BCUT2D eigenvalue weighted by atomic mass is 32.2. The first-order valence-corrected chi connectivity index (χ1v) is 8.89. The van der Waals surface area contributed by atoms with Gasteiger partial charge in [0.2, 0.25) is 0 Å². The van der Waals surface area contributed by atoms with E-state index in [1.54, 1.807) is 16.7 Å². The molecule has 0 heterocycles.